The molecule has 266 valence electrons. The average Bonchev–Trinajstić information content (AvgIpc) is 3.09. The second kappa shape index (κ2) is 17.5. The number of hydrogen-bond acceptors (Lipinski definition) is 9. The first-order valence-corrected chi connectivity index (χ1v) is 18.8. The van der Waals surface area contributed by atoms with Gasteiger partial charge in [0.15, 0.2) is 17.2 Å². The summed E-state index contributed by atoms with van der Waals surface area (Å²) in [5.41, 5.74) is 3.76. The maximum Gasteiger partial charge on any atom is 0.269 e. The minimum Gasteiger partial charge on any atom is -0.504 e. The number of aryl methyl sites for hydroxylation is 1. The number of fused-ring (bicyclic) bond motifs is 2. The van der Waals surface area contributed by atoms with Crippen molar-refractivity contribution in [2.24, 2.45) is 10.3 Å². The third-order valence-corrected chi connectivity index (χ3v) is 10.6. The lowest BCUT2D eigenvalue weighted by Crippen LogP contribution is -2.33. The molecule has 11 nitrogen and oxygen atoms in total. The van der Waals surface area contributed by atoms with Crippen molar-refractivity contribution >= 4 is 87.0 Å². The predicted molar refractivity (Wildman–Crippen MR) is 207 cm³/mol. The van der Waals surface area contributed by atoms with Crippen LogP contribution in [-0.2, 0) is 35.3 Å². The lowest BCUT2D eigenvalue weighted by molar-refractivity contribution is -0.115. The summed E-state index contributed by atoms with van der Waals surface area (Å²) in [5.74, 6) is 0.604. The van der Waals surface area contributed by atoms with Crippen molar-refractivity contribution in [3.63, 3.8) is 0 Å². The number of halogens is 4. The molecule has 15 heteroatoms. The number of amides is 2. The number of phenols is 1. The number of oxime groups is 2. The Morgan fingerprint density at radius 1 is 0.627 bits per heavy atom. The van der Waals surface area contributed by atoms with E-state index >= 15 is 0 Å². The Balaban J connectivity index is 1.44. The van der Waals surface area contributed by atoms with E-state index in [0.29, 0.717) is 67.6 Å². The number of hydrogen-bond donors (Lipinski definition) is 5. The SMILES string of the molecule is Cc1c(Br)cc2cc1Oc1c(Br)cc(cc1Br)CC(=NO)C(=O)NCCCc1ccc(c(Br)c1)Oc1cc(ccc1O)CCNC(=O)C(=NO)C2. The summed E-state index contributed by atoms with van der Waals surface area (Å²) in [5, 5.41) is 42.1. The topological polar surface area (TPSA) is 162 Å². The molecule has 0 fully saturated rings. The predicted octanol–water partition coefficient (Wildman–Crippen LogP) is 8.50. The summed E-state index contributed by atoms with van der Waals surface area (Å²) in [6.07, 6.45) is 1.76. The van der Waals surface area contributed by atoms with E-state index in [2.05, 4.69) is 84.7 Å². The number of nitrogens with zero attached hydrogens (tertiary/aromatic N) is 2. The largest absolute Gasteiger partial charge is 0.504 e. The highest BCUT2D eigenvalue weighted by molar-refractivity contribution is 9.11. The Kier molecular flexibility index (Phi) is 13.2. The van der Waals surface area contributed by atoms with Crippen LogP contribution < -0.4 is 20.1 Å². The molecule has 0 saturated heterocycles. The van der Waals surface area contributed by atoms with E-state index in [1.807, 2.05) is 25.1 Å². The van der Waals surface area contributed by atoms with Crippen LogP contribution in [0, 0.1) is 6.92 Å². The normalized spacial score (nSPS) is 16.4. The minimum atomic E-state index is -0.541. The molecule has 4 aromatic carbocycles. The van der Waals surface area contributed by atoms with E-state index < -0.39 is 11.8 Å². The summed E-state index contributed by atoms with van der Waals surface area (Å²) in [7, 11) is 0. The van der Waals surface area contributed by atoms with Gasteiger partial charge in [-0.1, -0.05) is 38.4 Å². The van der Waals surface area contributed by atoms with Gasteiger partial charge < -0.3 is 35.6 Å². The van der Waals surface area contributed by atoms with E-state index in [1.165, 1.54) is 6.07 Å². The number of benzene rings is 4. The van der Waals surface area contributed by atoms with Crippen molar-refractivity contribution in [2.75, 3.05) is 13.1 Å². The molecule has 0 unspecified atom stereocenters. The van der Waals surface area contributed by atoms with Gasteiger partial charge in [-0.2, -0.15) is 0 Å². The smallest absolute Gasteiger partial charge is 0.269 e. The number of carbonyl (C=O) groups excluding carboxylic acids is 2. The molecule has 4 aromatic rings. The zero-order valence-corrected chi connectivity index (χ0v) is 33.4. The third-order valence-electron chi connectivity index (χ3n) is 8.00. The molecule has 5 N–H and O–H groups in total. The zero-order chi connectivity index (χ0) is 36.7. The van der Waals surface area contributed by atoms with Crippen molar-refractivity contribution in [3.05, 3.63) is 106 Å². The summed E-state index contributed by atoms with van der Waals surface area (Å²) in [6, 6.07) is 17.7. The Hall–Kier alpha value is -3.92. The Labute approximate surface area is 327 Å². The Bertz CT molecular complexity index is 2010. The van der Waals surface area contributed by atoms with Crippen LogP contribution in [-0.4, -0.2) is 51.8 Å². The quantitative estimate of drug-likeness (QED) is 0.0873. The second-order valence-corrected chi connectivity index (χ2v) is 15.1. The number of nitrogens with one attached hydrogen (secondary N) is 2. The lowest BCUT2D eigenvalue weighted by atomic mass is 10.0. The van der Waals surface area contributed by atoms with Gasteiger partial charge in [0.1, 0.15) is 22.9 Å². The molecule has 0 aromatic heterocycles. The van der Waals surface area contributed by atoms with E-state index in [9.17, 15) is 25.1 Å². The van der Waals surface area contributed by atoms with Crippen molar-refractivity contribution in [2.45, 2.75) is 39.0 Å². The van der Waals surface area contributed by atoms with Gasteiger partial charge in [0, 0.05) is 36.0 Å². The molecule has 3 heterocycles. The van der Waals surface area contributed by atoms with Crippen molar-refractivity contribution in [1.29, 1.82) is 0 Å². The molecule has 3 aliphatic heterocycles. The molecule has 0 spiro atoms. The fraction of sp³-hybridized carbons (Fsp3) is 0.222. The monoisotopic (exact) mass is 948 g/mol. The van der Waals surface area contributed by atoms with Crippen molar-refractivity contribution in [1.82, 2.24) is 10.6 Å². The first-order valence-electron chi connectivity index (χ1n) is 15.7. The molecule has 8 bridgehead atoms. The van der Waals surface area contributed by atoms with Gasteiger partial charge in [0.2, 0.25) is 0 Å². The fourth-order valence-corrected chi connectivity index (χ4v) is 7.70. The average molecular weight is 952 g/mol. The summed E-state index contributed by atoms with van der Waals surface area (Å²) >= 11 is 14.3. The third kappa shape index (κ3) is 9.90. The number of aromatic hydroxyl groups is 1. The van der Waals surface area contributed by atoms with Crippen LogP contribution >= 0.6 is 63.7 Å². The zero-order valence-electron chi connectivity index (χ0n) is 27.1. The van der Waals surface area contributed by atoms with Gasteiger partial charge in [-0.05, 0) is 145 Å². The maximum absolute atomic E-state index is 13.1. The molecule has 0 radical (unpaired) electrons. The summed E-state index contributed by atoms with van der Waals surface area (Å²) < 4.78 is 14.9. The molecule has 0 atom stereocenters. The van der Waals surface area contributed by atoms with E-state index in [0.717, 1.165) is 21.2 Å². The highest BCUT2D eigenvalue weighted by Crippen LogP contribution is 2.41. The number of rotatable bonds is 0. The molecular weight excluding hydrogens is 920 g/mol. The Morgan fingerprint density at radius 2 is 1.18 bits per heavy atom. The first-order chi connectivity index (χ1) is 24.4. The maximum atomic E-state index is 13.1. The van der Waals surface area contributed by atoms with E-state index in [4.69, 9.17) is 9.47 Å². The van der Waals surface area contributed by atoms with Crippen LogP contribution in [0.2, 0.25) is 0 Å². The molecule has 3 aliphatic rings. The van der Waals surface area contributed by atoms with Crippen LogP contribution in [0.5, 0.6) is 28.7 Å². The van der Waals surface area contributed by atoms with Crippen LogP contribution in [0.1, 0.15) is 34.2 Å². The van der Waals surface area contributed by atoms with Gasteiger partial charge in [-0.3, -0.25) is 9.59 Å². The Morgan fingerprint density at radius 3 is 1.82 bits per heavy atom. The van der Waals surface area contributed by atoms with Crippen molar-refractivity contribution in [3.8, 4) is 28.7 Å². The number of carbonyl (C=O) groups is 2. The molecule has 2 amide bonds. The van der Waals surface area contributed by atoms with Crippen LogP contribution in [0.4, 0.5) is 0 Å². The van der Waals surface area contributed by atoms with Gasteiger partial charge >= 0.3 is 0 Å². The lowest BCUT2D eigenvalue weighted by Gasteiger charge is -2.16. The molecule has 0 aliphatic carbocycles. The van der Waals surface area contributed by atoms with Gasteiger partial charge in [0.05, 0.1) is 13.4 Å². The highest BCUT2D eigenvalue weighted by atomic mass is 79.9. The molecule has 0 saturated carbocycles. The highest BCUT2D eigenvalue weighted by Gasteiger charge is 2.20. The molecule has 51 heavy (non-hydrogen) atoms. The standard InChI is InChI=1S/C36H32Br4N4O7/c1-19-24(37)12-23-16-29(44-49)36(47)42-10-8-21-4-6-30(45)33(17-21)50-31-7-5-20(11-25(31)38)3-2-9-41-35(46)28(43-48)15-22-13-26(39)34(27(40)14-22)51-32(19)18-23/h4-7,11-14,17-18,45,48-49H,2-3,8-10,15-16H2,1H3,(H,41,46)(H,42,47). The molecule has 7 rings (SSSR count). The molecular formula is C36H32Br4N4O7. The second-order valence-electron chi connectivity index (χ2n) is 11.7. The van der Waals surface area contributed by atoms with Crippen molar-refractivity contribution < 1.29 is 34.6 Å². The summed E-state index contributed by atoms with van der Waals surface area (Å²) in [6.45, 7) is 2.46. The number of phenolic OH excluding ortho intramolecular Hbond substituents is 1. The minimum absolute atomic E-state index is 0.00898. The van der Waals surface area contributed by atoms with Gasteiger partial charge in [0.25, 0.3) is 11.8 Å². The number of ether oxygens (including phenoxy) is 2. The fourth-order valence-electron chi connectivity index (χ4n) is 5.26. The van der Waals surface area contributed by atoms with Crippen LogP contribution in [0.3, 0.4) is 0 Å². The van der Waals surface area contributed by atoms with Gasteiger partial charge in [-0.15, -0.1) is 0 Å². The van der Waals surface area contributed by atoms with Crippen LogP contribution in [0.25, 0.3) is 0 Å². The van der Waals surface area contributed by atoms with Crippen LogP contribution in [0.15, 0.2) is 88.9 Å². The van der Waals surface area contributed by atoms with Gasteiger partial charge in [-0.25, -0.2) is 0 Å². The van der Waals surface area contributed by atoms with E-state index in [1.54, 1.807) is 36.4 Å². The van der Waals surface area contributed by atoms with E-state index in [-0.39, 0.29) is 42.3 Å². The first kappa shape index (κ1) is 38.3. The summed E-state index contributed by atoms with van der Waals surface area (Å²) in [4.78, 5) is 26.0.